The van der Waals surface area contributed by atoms with E-state index in [4.69, 9.17) is 9.15 Å². The van der Waals surface area contributed by atoms with Crippen molar-refractivity contribution < 1.29 is 23.5 Å². The number of ether oxygens (including phenoxy) is 1. The minimum atomic E-state index is -0.552. The average molecular weight is 717 g/mol. The Morgan fingerprint density at radius 3 is 2.49 bits per heavy atom. The van der Waals surface area contributed by atoms with Gasteiger partial charge in [0.2, 0.25) is 5.91 Å². The summed E-state index contributed by atoms with van der Waals surface area (Å²) in [7, 11) is 1.58. The third-order valence-electron chi connectivity index (χ3n) is 8.47. The van der Waals surface area contributed by atoms with Gasteiger partial charge in [0, 0.05) is 27.1 Å². The molecule has 51 heavy (non-hydrogen) atoms. The summed E-state index contributed by atoms with van der Waals surface area (Å²) in [6.45, 7) is 4.03. The second-order valence-electron chi connectivity index (χ2n) is 12.2. The number of furan rings is 1. The molecule has 2 aromatic heterocycles. The molecule has 3 aromatic carbocycles. The van der Waals surface area contributed by atoms with E-state index in [1.165, 1.54) is 34.1 Å². The summed E-state index contributed by atoms with van der Waals surface area (Å²) in [6, 6.07) is 28.9. The molecule has 11 heteroatoms. The van der Waals surface area contributed by atoms with E-state index in [0.717, 1.165) is 35.3 Å². The SMILES string of the molecule is COc1ccccc1-c1ccc(/C=C(/NC(=O)c2ccccc2)C(=O)Nc2ccc(S[C@H](C)C(=O)Nc3sc4c(c3C#N)CC[C@H](C)C4)cc2)o1. The number of para-hydroxylation sites is 1. The van der Waals surface area contributed by atoms with Gasteiger partial charge in [-0.1, -0.05) is 37.3 Å². The molecule has 1 aliphatic rings. The first-order chi connectivity index (χ1) is 24.7. The molecule has 0 unspecified atom stereocenters. The van der Waals surface area contributed by atoms with Crippen molar-refractivity contribution in [2.45, 2.75) is 43.3 Å². The molecule has 1 aliphatic carbocycles. The minimum absolute atomic E-state index is 0.0185. The quantitative estimate of drug-likeness (QED) is 0.0922. The standard InChI is InChI=1S/C40H36N4O5S2/c1-24-13-19-30-32(23-41)40(51-36(30)21-24)44-37(45)25(2)50-29-17-14-27(15-18-29)42-39(47)33(43-38(46)26-9-5-4-6-10-26)22-28-16-20-35(49-28)31-11-7-8-12-34(31)48-3/h4-12,14-18,20,22,24-25H,13,19,21H2,1-3H3,(H,42,47)(H,43,46)(H,44,45)/b33-22+/t24-,25+/m0/s1. The zero-order valence-electron chi connectivity index (χ0n) is 28.3. The number of nitrogens with zero attached hydrogens (tertiary/aromatic N) is 1. The molecular formula is C40H36N4O5S2. The number of rotatable bonds is 11. The van der Waals surface area contributed by atoms with Gasteiger partial charge >= 0.3 is 0 Å². The van der Waals surface area contributed by atoms with Crippen molar-refractivity contribution in [1.29, 1.82) is 5.26 Å². The number of thioether (sulfide) groups is 1. The monoisotopic (exact) mass is 716 g/mol. The van der Waals surface area contributed by atoms with Crippen molar-refractivity contribution in [3.63, 3.8) is 0 Å². The molecule has 0 spiro atoms. The zero-order chi connectivity index (χ0) is 35.9. The van der Waals surface area contributed by atoms with Crippen molar-refractivity contribution in [3.8, 4) is 23.1 Å². The molecule has 0 saturated heterocycles. The van der Waals surface area contributed by atoms with Crippen LogP contribution in [0.15, 0.2) is 106 Å². The Hall–Kier alpha value is -5.57. The van der Waals surface area contributed by atoms with E-state index >= 15 is 0 Å². The molecule has 6 rings (SSSR count). The Morgan fingerprint density at radius 1 is 1.00 bits per heavy atom. The molecule has 258 valence electrons. The van der Waals surface area contributed by atoms with Gasteiger partial charge in [-0.25, -0.2) is 0 Å². The fourth-order valence-electron chi connectivity index (χ4n) is 5.75. The van der Waals surface area contributed by atoms with Crippen LogP contribution in [0.4, 0.5) is 10.7 Å². The number of nitrogens with one attached hydrogen (secondary N) is 3. The van der Waals surface area contributed by atoms with Gasteiger partial charge in [0.15, 0.2) is 0 Å². The molecular weight excluding hydrogens is 681 g/mol. The summed E-state index contributed by atoms with van der Waals surface area (Å²) in [5, 5.41) is 18.6. The van der Waals surface area contributed by atoms with Crippen LogP contribution in [0.25, 0.3) is 17.4 Å². The van der Waals surface area contributed by atoms with Crippen LogP contribution < -0.4 is 20.7 Å². The van der Waals surface area contributed by atoms with Crippen molar-refractivity contribution in [2.75, 3.05) is 17.7 Å². The van der Waals surface area contributed by atoms with Crippen LogP contribution in [0.3, 0.4) is 0 Å². The van der Waals surface area contributed by atoms with Crippen LogP contribution in [-0.4, -0.2) is 30.1 Å². The van der Waals surface area contributed by atoms with Crippen LogP contribution in [0.2, 0.25) is 0 Å². The molecule has 3 N–H and O–H groups in total. The molecule has 2 atom stereocenters. The molecule has 0 bridgehead atoms. The maximum absolute atomic E-state index is 13.6. The predicted octanol–water partition coefficient (Wildman–Crippen LogP) is 8.54. The molecule has 9 nitrogen and oxygen atoms in total. The van der Waals surface area contributed by atoms with Crippen LogP contribution in [0.5, 0.6) is 5.75 Å². The van der Waals surface area contributed by atoms with E-state index in [1.54, 1.807) is 61.7 Å². The number of amides is 3. The van der Waals surface area contributed by atoms with E-state index in [2.05, 4.69) is 28.9 Å². The van der Waals surface area contributed by atoms with Gasteiger partial charge in [0.1, 0.15) is 34.0 Å². The number of carbonyl (C=O) groups excluding carboxylic acids is 3. The topological polar surface area (TPSA) is 133 Å². The summed E-state index contributed by atoms with van der Waals surface area (Å²) in [6.07, 6.45) is 4.32. The van der Waals surface area contributed by atoms with Gasteiger partial charge in [-0.3, -0.25) is 14.4 Å². The Balaban J connectivity index is 1.14. The average Bonchev–Trinajstić information content (AvgIpc) is 3.75. The Labute approximate surface area is 304 Å². The van der Waals surface area contributed by atoms with Gasteiger partial charge < -0.3 is 25.1 Å². The lowest BCUT2D eigenvalue weighted by Crippen LogP contribution is -2.30. The molecule has 0 radical (unpaired) electrons. The first-order valence-electron chi connectivity index (χ1n) is 16.5. The Bertz CT molecular complexity index is 2130. The highest BCUT2D eigenvalue weighted by Crippen LogP contribution is 2.40. The first kappa shape index (κ1) is 35.3. The lowest BCUT2D eigenvalue weighted by Gasteiger charge is -2.17. The van der Waals surface area contributed by atoms with Crippen molar-refractivity contribution in [2.24, 2.45) is 5.92 Å². The van der Waals surface area contributed by atoms with Crippen molar-refractivity contribution in [1.82, 2.24) is 5.32 Å². The molecule has 5 aromatic rings. The Morgan fingerprint density at radius 2 is 1.75 bits per heavy atom. The molecule has 0 fully saturated rings. The largest absolute Gasteiger partial charge is 0.496 e. The fraction of sp³-hybridized carbons (Fsp3) is 0.200. The number of benzene rings is 3. The van der Waals surface area contributed by atoms with E-state index in [-0.39, 0.29) is 11.6 Å². The minimum Gasteiger partial charge on any atom is -0.496 e. The highest BCUT2D eigenvalue weighted by atomic mass is 32.2. The van der Waals surface area contributed by atoms with E-state index in [1.807, 2.05) is 43.3 Å². The highest BCUT2D eigenvalue weighted by molar-refractivity contribution is 8.00. The van der Waals surface area contributed by atoms with E-state index in [0.29, 0.717) is 45.0 Å². The predicted molar refractivity (Wildman–Crippen MR) is 202 cm³/mol. The van der Waals surface area contributed by atoms with Gasteiger partial charge in [-0.2, -0.15) is 5.26 Å². The summed E-state index contributed by atoms with van der Waals surface area (Å²) < 4.78 is 11.5. The second kappa shape index (κ2) is 16.0. The highest BCUT2D eigenvalue weighted by Gasteiger charge is 2.26. The first-order valence-corrected chi connectivity index (χ1v) is 18.2. The fourth-order valence-corrected chi connectivity index (χ4v) is 7.98. The summed E-state index contributed by atoms with van der Waals surface area (Å²) in [5.74, 6) is 0.912. The van der Waals surface area contributed by atoms with Crippen molar-refractivity contribution >= 4 is 57.6 Å². The van der Waals surface area contributed by atoms with Gasteiger partial charge in [0.25, 0.3) is 11.8 Å². The molecule has 3 amide bonds. The number of methoxy groups -OCH3 is 1. The summed E-state index contributed by atoms with van der Waals surface area (Å²) in [5.41, 5.74) is 3.28. The third-order valence-corrected chi connectivity index (χ3v) is 10.8. The van der Waals surface area contributed by atoms with Gasteiger partial charge in [0.05, 0.1) is 23.5 Å². The summed E-state index contributed by atoms with van der Waals surface area (Å²) in [4.78, 5) is 41.9. The number of fused-ring (bicyclic) bond motifs is 1. The number of thiophene rings is 1. The Kier molecular flexibility index (Phi) is 11.0. The van der Waals surface area contributed by atoms with E-state index in [9.17, 15) is 19.6 Å². The van der Waals surface area contributed by atoms with Crippen LogP contribution in [-0.2, 0) is 22.4 Å². The maximum atomic E-state index is 13.6. The smallest absolute Gasteiger partial charge is 0.272 e. The number of hydrogen-bond donors (Lipinski definition) is 3. The van der Waals surface area contributed by atoms with Gasteiger partial charge in [-0.15, -0.1) is 23.1 Å². The summed E-state index contributed by atoms with van der Waals surface area (Å²) >= 11 is 2.88. The number of carbonyl (C=O) groups is 3. The zero-order valence-corrected chi connectivity index (χ0v) is 30.0. The third kappa shape index (κ3) is 8.43. The second-order valence-corrected chi connectivity index (χ2v) is 14.7. The van der Waals surface area contributed by atoms with Gasteiger partial charge in [-0.05, 0) is 98.3 Å². The lowest BCUT2D eigenvalue weighted by molar-refractivity contribution is -0.115. The van der Waals surface area contributed by atoms with Crippen LogP contribution >= 0.6 is 23.1 Å². The maximum Gasteiger partial charge on any atom is 0.272 e. The number of hydrogen-bond acceptors (Lipinski definition) is 8. The van der Waals surface area contributed by atoms with Crippen molar-refractivity contribution in [3.05, 3.63) is 124 Å². The number of anilines is 2. The van der Waals surface area contributed by atoms with E-state index < -0.39 is 17.1 Å². The molecule has 2 heterocycles. The van der Waals surface area contributed by atoms with Crippen LogP contribution in [0.1, 0.15) is 52.4 Å². The molecule has 0 aliphatic heterocycles. The number of nitriles is 1. The lowest BCUT2D eigenvalue weighted by atomic mass is 9.89. The normalized spacial score (nSPS) is 14.5. The van der Waals surface area contributed by atoms with Crippen LogP contribution in [0, 0.1) is 17.2 Å². The molecule has 0 saturated carbocycles.